The van der Waals surface area contributed by atoms with Gasteiger partial charge < -0.3 is 20.1 Å². The highest BCUT2D eigenvalue weighted by molar-refractivity contribution is 6.40. The number of nitrogens with one attached hydrogen (secondary N) is 3. The van der Waals surface area contributed by atoms with Gasteiger partial charge in [-0.25, -0.2) is 5.43 Å². The molecule has 3 aromatic rings. The summed E-state index contributed by atoms with van der Waals surface area (Å²) in [5, 5.41) is 9.02. The maximum atomic E-state index is 12.7. The lowest BCUT2D eigenvalue weighted by Crippen LogP contribution is -2.33. The summed E-state index contributed by atoms with van der Waals surface area (Å²) in [4.78, 5) is 37.3. The molecule has 0 aliphatic rings. The Kier molecular flexibility index (Phi) is 7.96. The zero-order chi connectivity index (χ0) is 24.5. The first-order valence-electron chi connectivity index (χ1n) is 10.2. The second kappa shape index (κ2) is 11.3. The van der Waals surface area contributed by atoms with Gasteiger partial charge in [0.2, 0.25) is 0 Å². The molecule has 0 aliphatic carbocycles. The number of methoxy groups -OCH3 is 2. The molecule has 0 aliphatic heterocycles. The summed E-state index contributed by atoms with van der Waals surface area (Å²) in [7, 11) is 3.02. The second-order valence-electron chi connectivity index (χ2n) is 7.13. The van der Waals surface area contributed by atoms with Crippen molar-refractivity contribution in [3.63, 3.8) is 0 Å². The Morgan fingerprint density at radius 3 is 2.29 bits per heavy atom. The van der Waals surface area contributed by atoms with Crippen LogP contribution in [0.25, 0.3) is 0 Å². The van der Waals surface area contributed by atoms with Crippen LogP contribution in [0.5, 0.6) is 11.5 Å². The van der Waals surface area contributed by atoms with Crippen molar-refractivity contribution in [3.05, 3.63) is 83.4 Å². The van der Waals surface area contributed by atoms with Crippen LogP contribution in [0.15, 0.2) is 71.8 Å². The lowest BCUT2D eigenvalue weighted by molar-refractivity contribution is -0.136. The third-order valence-corrected chi connectivity index (χ3v) is 4.74. The average molecular weight is 460 g/mol. The van der Waals surface area contributed by atoms with Crippen LogP contribution in [0.1, 0.15) is 21.5 Å². The van der Waals surface area contributed by atoms with Crippen LogP contribution < -0.4 is 25.5 Å². The van der Waals surface area contributed by atoms with Crippen molar-refractivity contribution in [1.82, 2.24) is 5.43 Å². The molecule has 0 aromatic heterocycles. The maximum Gasteiger partial charge on any atom is 0.329 e. The van der Waals surface area contributed by atoms with E-state index >= 15 is 0 Å². The van der Waals surface area contributed by atoms with Crippen molar-refractivity contribution < 1.29 is 23.9 Å². The molecular weight excluding hydrogens is 436 g/mol. The number of carbonyl (C=O) groups is 3. The molecular formula is C25H24N4O5. The molecule has 0 saturated heterocycles. The van der Waals surface area contributed by atoms with Gasteiger partial charge in [-0.3, -0.25) is 14.4 Å². The van der Waals surface area contributed by atoms with E-state index in [0.717, 1.165) is 5.56 Å². The van der Waals surface area contributed by atoms with Crippen molar-refractivity contribution in [1.29, 1.82) is 0 Å². The van der Waals surface area contributed by atoms with E-state index in [2.05, 4.69) is 21.2 Å². The summed E-state index contributed by atoms with van der Waals surface area (Å²) in [5.74, 6) is -1.33. The minimum Gasteiger partial charge on any atom is -0.497 e. The smallest absolute Gasteiger partial charge is 0.329 e. The number of para-hydroxylation sites is 1. The van der Waals surface area contributed by atoms with Crippen molar-refractivity contribution in [2.45, 2.75) is 6.92 Å². The fourth-order valence-electron chi connectivity index (χ4n) is 2.96. The number of aryl methyl sites for hydroxylation is 1. The van der Waals surface area contributed by atoms with Gasteiger partial charge in [-0.05, 0) is 49.4 Å². The topological polar surface area (TPSA) is 118 Å². The SMILES string of the molecule is COc1ccc(OC)c(/C=N\NC(=O)C(=O)Nc2ccccc2C(=O)Nc2ccc(C)cc2)c1. The monoisotopic (exact) mass is 460 g/mol. The zero-order valence-electron chi connectivity index (χ0n) is 18.9. The largest absolute Gasteiger partial charge is 0.497 e. The van der Waals surface area contributed by atoms with Gasteiger partial charge in [-0.1, -0.05) is 29.8 Å². The van der Waals surface area contributed by atoms with Crippen molar-refractivity contribution in [2.75, 3.05) is 24.9 Å². The molecule has 34 heavy (non-hydrogen) atoms. The minimum atomic E-state index is -1.01. The van der Waals surface area contributed by atoms with E-state index in [1.165, 1.54) is 26.5 Å². The standard InChI is InChI=1S/C25H24N4O5/c1-16-8-10-18(11-9-16)27-23(30)20-6-4-5-7-21(20)28-24(31)25(32)29-26-15-17-14-19(33-2)12-13-22(17)34-3/h4-15H,1-3H3,(H,27,30)(H,28,31)(H,29,32)/b26-15-. The van der Waals surface area contributed by atoms with Crippen LogP contribution in [0.4, 0.5) is 11.4 Å². The molecule has 3 rings (SSSR count). The predicted octanol–water partition coefficient (Wildman–Crippen LogP) is 3.35. The van der Waals surface area contributed by atoms with E-state index in [4.69, 9.17) is 9.47 Å². The summed E-state index contributed by atoms with van der Waals surface area (Å²) < 4.78 is 10.4. The molecule has 0 saturated carbocycles. The highest BCUT2D eigenvalue weighted by atomic mass is 16.5. The summed E-state index contributed by atoms with van der Waals surface area (Å²) in [6.07, 6.45) is 1.33. The molecule has 3 aromatic carbocycles. The fraction of sp³-hybridized carbons (Fsp3) is 0.120. The Morgan fingerprint density at radius 2 is 1.59 bits per heavy atom. The molecule has 0 fully saturated rings. The number of amides is 3. The van der Waals surface area contributed by atoms with Gasteiger partial charge in [0.1, 0.15) is 11.5 Å². The highest BCUT2D eigenvalue weighted by Gasteiger charge is 2.18. The average Bonchev–Trinajstić information content (AvgIpc) is 2.85. The third-order valence-electron chi connectivity index (χ3n) is 4.74. The Morgan fingerprint density at radius 1 is 0.853 bits per heavy atom. The van der Waals surface area contributed by atoms with Gasteiger partial charge in [-0.15, -0.1) is 0 Å². The van der Waals surface area contributed by atoms with E-state index in [1.54, 1.807) is 48.5 Å². The number of ether oxygens (including phenoxy) is 2. The number of anilines is 2. The van der Waals surface area contributed by atoms with Crippen molar-refractivity contribution in [3.8, 4) is 11.5 Å². The van der Waals surface area contributed by atoms with Gasteiger partial charge in [0, 0.05) is 11.3 Å². The molecule has 0 spiro atoms. The van der Waals surface area contributed by atoms with Crippen LogP contribution >= 0.6 is 0 Å². The van der Waals surface area contributed by atoms with Crippen molar-refractivity contribution in [2.24, 2.45) is 5.10 Å². The molecule has 9 nitrogen and oxygen atoms in total. The predicted molar refractivity (Wildman–Crippen MR) is 129 cm³/mol. The van der Waals surface area contributed by atoms with Crippen LogP contribution in [0.3, 0.4) is 0 Å². The molecule has 0 unspecified atom stereocenters. The normalized spacial score (nSPS) is 10.4. The Balaban J connectivity index is 1.65. The Bertz CT molecular complexity index is 1220. The zero-order valence-corrected chi connectivity index (χ0v) is 18.9. The molecule has 0 bridgehead atoms. The fourth-order valence-corrected chi connectivity index (χ4v) is 2.96. The Labute approximate surface area is 196 Å². The van der Waals surface area contributed by atoms with E-state index in [0.29, 0.717) is 22.7 Å². The van der Waals surface area contributed by atoms with E-state index in [-0.39, 0.29) is 11.3 Å². The lowest BCUT2D eigenvalue weighted by Gasteiger charge is -2.11. The summed E-state index contributed by atoms with van der Waals surface area (Å²) in [6, 6.07) is 18.7. The van der Waals surface area contributed by atoms with Gasteiger partial charge >= 0.3 is 11.8 Å². The first-order valence-corrected chi connectivity index (χ1v) is 10.2. The van der Waals surface area contributed by atoms with Crippen LogP contribution in [-0.2, 0) is 9.59 Å². The number of rotatable bonds is 7. The van der Waals surface area contributed by atoms with Gasteiger partial charge in [-0.2, -0.15) is 5.10 Å². The lowest BCUT2D eigenvalue weighted by atomic mass is 10.1. The van der Waals surface area contributed by atoms with Crippen LogP contribution in [0, 0.1) is 6.92 Å². The highest BCUT2D eigenvalue weighted by Crippen LogP contribution is 2.22. The third kappa shape index (κ3) is 6.19. The summed E-state index contributed by atoms with van der Waals surface area (Å²) in [6.45, 7) is 1.94. The van der Waals surface area contributed by atoms with E-state index in [1.807, 2.05) is 19.1 Å². The summed E-state index contributed by atoms with van der Waals surface area (Å²) >= 11 is 0. The molecule has 0 heterocycles. The maximum absolute atomic E-state index is 12.7. The molecule has 3 amide bonds. The summed E-state index contributed by atoms with van der Waals surface area (Å²) in [5.41, 5.74) is 4.75. The van der Waals surface area contributed by atoms with Crippen molar-refractivity contribution >= 4 is 35.3 Å². The van der Waals surface area contributed by atoms with Gasteiger partial charge in [0.15, 0.2) is 0 Å². The van der Waals surface area contributed by atoms with Crippen LogP contribution in [0.2, 0.25) is 0 Å². The number of hydrazone groups is 1. The number of carbonyl (C=O) groups excluding carboxylic acids is 3. The first-order chi connectivity index (χ1) is 16.4. The van der Waals surface area contributed by atoms with Gasteiger partial charge in [0.05, 0.1) is 31.7 Å². The molecule has 3 N–H and O–H groups in total. The molecule has 0 radical (unpaired) electrons. The van der Waals surface area contributed by atoms with Gasteiger partial charge in [0.25, 0.3) is 5.91 Å². The van der Waals surface area contributed by atoms with E-state index < -0.39 is 17.7 Å². The second-order valence-corrected chi connectivity index (χ2v) is 7.13. The van der Waals surface area contributed by atoms with E-state index in [9.17, 15) is 14.4 Å². The number of benzene rings is 3. The number of hydrogen-bond donors (Lipinski definition) is 3. The quantitative estimate of drug-likeness (QED) is 0.284. The molecule has 174 valence electrons. The molecule has 9 heteroatoms. The number of nitrogens with zero attached hydrogens (tertiary/aromatic N) is 1. The first kappa shape index (κ1) is 24.0. The molecule has 0 atom stereocenters. The van der Waals surface area contributed by atoms with Crippen LogP contribution in [-0.4, -0.2) is 38.2 Å². The number of hydrogen-bond acceptors (Lipinski definition) is 6. The minimum absolute atomic E-state index is 0.186. The Hall–Kier alpha value is -4.66.